The van der Waals surface area contributed by atoms with Crippen LogP contribution in [0.5, 0.6) is 0 Å². The van der Waals surface area contributed by atoms with Crippen LogP contribution in [0.2, 0.25) is 0 Å². The number of carbonyl (C=O) groups is 1. The number of halogens is 4. The number of carbonyl (C=O) groups excluding carboxylic acids is 1. The van der Waals surface area contributed by atoms with Crippen molar-refractivity contribution in [1.29, 1.82) is 0 Å². The summed E-state index contributed by atoms with van der Waals surface area (Å²) >= 11 is 0. The van der Waals surface area contributed by atoms with Gasteiger partial charge < -0.3 is 25.8 Å². The van der Waals surface area contributed by atoms with Crippen LogP contribution in [-0.2, 0) is 17.5 Å². The van der Waals surface area contributed by atoms with E-state index in [-0.39, 0.29) is 48.5 Å². The van der Waals surface area contributed by atoms with E-state index in [1.54, 1.807) is 7.05 Å². The van der Waals surface area contributed by atoms with E-state index in [0.29, 0.717) is 11.5 Å². The first-order valence-corrected chi connectivity index (χ1v) is 10.3. The van der Waals surface area contributed by atoms with E-state index in [0.717, 1.165) is 37.9 Å². The summed E-state index contributed by atoms with van der Waals surface area (Å²) in [7, 11) is 3.57. The number of guanidine groups is 1. The molecule has 1 fully saturated rings. The van der Waals surface area contributed by atoms with Gasteiger partial charge >= 0.3 is 6.18 Å². The monoisotopic (exact) mass is 570 g/mol. The minimum atomic E-state index is -4.42. The molecule has 11 heteroatoms. The van der Waals surface area contributed by atoms with Crippen molar-refractivity contribution in [2.45, 2.75) is 39.0 Å². The molecule has 1 saturated heterocycles. The van der Waals surface area contributed by atoms with E-state index in [1.165, 1.54) is 12.1 Å². The molecule has 1 aromatic carbocycles. The average molecular weight is 570 g/mol. The summed E-state index contributed by atoms with van der Waals surface area (Å²) < 4.78 is 39.8. The summed E-state index contributed by atoms with van der Waals surface area (Å²) in [6.07, 6.45) is -4.42. The van der Waals surface area contributed by atoms with Crippen molar-refractivity contribution in [3.63, 3.8) is 0 Å². The highest BCUT2D eigenvalue weighted by Gasteiger charge is 2.31. The molecule has 0 radical (unpaired) electrons. The molecule has 0 aliphatic carbocycles. The van der Waals surface area contributed by atoms with E-state index >= 15 is 0 Å². The Morgan fingerprint density at radius 3 is 2.25 bits per heavy atom. The molecule has 32 heavy (non-hydrogen) atoms. The van der Waals surface area contributed by atoms with Crippen molar-refractivity contribution < 1.29 is 18.0 Å². The standard InChI is InChI=1S/C21H33F3N6O.HI/c1-20(2,3)28-18(31)14-27-19(25-4)26-13-15-12-16(21(22,23)24)6-7-17(15)30-10-8-29(5)9-11-30;/h6-7,12H,8-11,13-14H2,1-5H3,(H,28,31)(H2,25,26,27);1H. The number of amides is 1. The first-order chi connectivity index (χ1) is 14.4. The Morgan fingerprint density at radius 1 is 1.09 bits per heavy atom. The normalized spacial score (nSPS) is 15.8. The average Bonchev–Trinajstić information content (AvgIpc) is 2.66. The number of anilines is 1. The fraction of sp³-hybridized carbons (Fsp3) is 0.619. The van der Waals surface area contributed by atoms with Crippen molar-refractivity contribution in [1.82, 2.24) is 20.9 Å². The van der Waals surface area contributed by atoms with Gasteiger partial charge in [0.05, 0.1) is 12.1 Å². The molecular formula is C21H34F3IN6O. The van der Waals surface area contributed by atoms with Crippen LogP contribution in [0.3, 0.4) is 0 Å². The quantitative estimate of drug-likeness (QED) is 0.289. The van der Waals surface area contributed by atoms with Crippen LogP contribution in [0.15, 0.2) is 23.2 Å². The van der Waals surface area contributed by atoms with Crippen molar-refractivity contribution in [3.05, 3.63) is 29.3 Å². The van der Waals surface area contributed by atoms with Gasteiger partial charge in [0.15, 0.2) is 5.96 Å². The lowest BCUT2D eigenvalue weighted by atomic mass is 10.1. The van der Waals surface area contributed by atoms with Gasteiger partial charge in [-0.2, -0.15) is 13.2 Å². The maximum Gasteiger partial charge on any atom is 0.416 e. The molecule has 1 aromatic rings. The van der Waals surface area contributed by atoms with Crippen molar-refractivity contribution in [2.75, 3.05) is 51.7 Å². The molecule has 1 amide bonds. The molecular weight excluding hydrogens is 536 g/mol. The molecule has 2 rings (SSSR count). The predicted octanol–water partition coefficient (Wildman–Crippen LogP) is 2.65. The van der Waals surface area contributed by atoms with Gasteiger partial charge in [0.25, 0.3) is 0 Å². The Morgan fingerprint density at radius 2 is 1.72 bits per heavy atom. The van der Waals surface area contributed by atoms with Gasteiger partial charge in [-0.1, -0.05) is 0 Å². The van der Waals surface area contributed by atoms with Gasteiger partial charge in [0.2, 0.25) is 5.91 Å². The minimum Gasteiger partial charge on any atom is -0.369 e. The number of hydrogen-bond acceptors (Lipinski definition) is 4. The minimum absolute atomic E-state index is 0. The molecule has 1 aliphatic rings. The number of aliphatic imine (C=N–C) groups is 1. The first-order valence-electron chi connectivity index (χ1n) is 10.3. The third-order valence-corrected chi connectivity index (χ3v) is 4.85. The summed E-state index contributed by atoms with van der Waals surface area (Å²) in [5.74, 6) is 0.137. The molecule has 0 atom stereocenters. The third kappa shape index (κ3) is 9.00. The van der Waals surface area contributed by atoms with E-state index in [9.17, 15) is 18.0 Å². The van der Waals surface area contributed by atoms with E-state index in [4.69, 9.17) is 0 Å². The summed E-state index contributed by atoms with van der Waals surface area (Å²) in [6.45, 7) is 8.98. The number of benzene rings is 1. The fourth-order valence-corrected chi connectivity index (χ4v) is 3.29. The van der Waals surface area contributed by atoms with Gasteiger partial charge in [-0.15, -0.1) is 24.0 Å². The Labute approximate surface area is 205 Å². The molecule has 0 aromatic heterocycles. The lowest BCUT2D eigenvalue weighted by Gasteiger charge is -2.35. The lowest BCUT2D eigenvalue weighted by Crippen LogP contribution is -2.48. The molecule has 3 N–H and O–H groups in total. The maximum atomic E-state index is 13.3. The van der Waals surface area contributed by atoms with Crippen LogP contribution in [-0.4, -0.2) is 69.1 Å². The molecule has 0 bridgehead atoms. The molecule has 0 saturated carbocycles. The Hall–Kier alpha value is -1.76. The smallest absolute Gasteiger partial charge is 0.369 e. The van der Waals surface area contributed by atoms with Gasteiger partial charge in [-0.05, 0) is 51.6 Å². The second-order valence-electron chi connectivity index (χ2n) is 8.71. The van der Waals surface area contributed by atoms with Crippen molar-refractivity contribution in [3.8, 4) is 0 Å². The van der Waals surface area contributed by atoms with E-state index < -0.39 is 11.7 Å². The van der Waals surface area contributed by atoms with Crippen LogP contribution >= 0.6 is 24.0 Å². The Bertz CT molecular complexity index is 787. The zero-order valence-electron chi connectivity index (χ0n) is 19.3. The third-order valence-electron chi connectivity index (χ3n) is 4.85. The summed E-state index contributed by atoms with van der Waals surface area (Å²) in [6, 6.07) is 3.85. The lowest BCUT2D eigenvalue weighted by molar-refractivity contribution is -0.137. The van der Waals surface area contributed by atoms with Gasteiger partial charge in [-0.25, -0.2) is 0 Å². The molecule has 1 heterocycles. The van der Waals surface area contributed by atoms with Crippen LogP contribution < -0.4 is 20.9 Å². The Balaban J connectivity index is 0.00000512. The van der Waals surface area contributed by atoms with E-state index in [1.807, 2.05) is 27.8 Å². The number of likely N-dealkylation sites (N-methyl/N-ethyl adjacent to an activating group) is 1. The van der Waals surface area contributed by atoms with Crippen LogP contribution in [0.4, 0.5) is 18.9 Å². The summed E-state index contributed by atoms with van der Waals surface area (Å²) in [4.78, 5) is 20.4. The van der Waals surface area contributed by atoms with Crippen LogP contribution in [0, 0.1) is 0 Å². The maximum absolute atomic E-state index is 13.3. The van der Waals surface area contributed by atoms with Crippen LogP contribution in [0.1, 0.15) is 31.9 Å². The highest BCUT2D eigenvalue weighted by Crippen LogP contribution is 2.33. The number of alkyl halides is 3. The van der Waals surface area contributed by atoms with E-state index in [2.05, 4.69) is 30.7 Å². The zero-order valence-corrected chi connectivity index (χ0v) is 21.6. The van der Waals surface area contributed by atoms with Crippen molar-refractivity contribution >= 4 is 41.5 Å². The van der Waals surface area contributed by atoms with Gasteiger partial charge in [0.1, 0.15) is 0 Å². The number of rotatable bonds is 5. The Kier molecular flexibility index (Phi) is 10.5. The number of nitrogens with zero attached hydrogens (tertiary/aromatic N) is 3. The summed E-state index contributed by atoms with van der Waals surface area (Å²) in [5, 5.41) is 8.75. The largest absolute Gasteiger partial charge is 0.416 e. The number of hydrogen-bond donors (Lipinski definition) is 3. The second-order valence-corrected chi connectivity index (χ2v) is 8.71. The first kappa shape index (κ1) is 28.3. The van der Waals surface area contributed by atoms with Crippen molar-refractivity contribution in [2.24, 2.45) is 4.99 Å². The molecule has 0 unspecified atom stereocenters. The second kappa shape index (κ2) is 11.9. The highest BCUT2D eigenvalue weighted by atomic mass is 127. The molecule has 182 valence electrons. The molecule has 1 aliphatic heterocycles. The van der Waals surface area contributed by atoms with Gasteiger partial charge in [0, 0.05) is 51.0 Å². The topological polar surface area (TPSA) is 72.0 Å². The van der Waals surface area contributed by atoms with Crippen LogP contribution in [0.25, 0.3) is 0 Å². The van der Waals surface area contributed by atoms with Gasteiger partial charge in [-0.3, -0.25) is 9.79 Å². The number of piperazine rings is 1. The molecule has 0 spiro atoms. The highest BCUT2D eigenvalue weighted by molar-refractivity contribution is 14.0. The zero-order chi connectivity index (χ0) is 23.2. The SMILES string of the molecule is CN=C(NCC(=O)NC(C)(C)C)NCc1cc(C(F)(F)F)ccc1N1CCN(C)CC1.I. The number of nitrogens with one attached hydrogen (secondary N) is 3. The summed E-state index contributed by atoms with van der Waals surface area (Å²) in [5.41, 5.74) is 0.260. The predicted molar refractivity (Wildman–Crippen MR) is 133 cm³/mol. The molecule has 7 nitrogen and oxygen atoms in total. The fourth-order valence-electron chi connectivity index (χ4n) is 3.29.